The zero-order valence-corrected chi connectivity index (χ0v) is 14.1. The van der Waals surface area contributed by atoms with E-state index < -0.39 is 5.82 Å². The summed E-state index contributed by atoms with van der Waals surface area (Å²) in [5.41, 5.74) is 1.67. The van der Waals surface area contributed by atoms with Crippen molar-refractivity contribution in [2.45, 2.75) is 19.9 Å². The minimum absolute atomic E-state index is 0.204. The van der Waals surface area contributed by atoms with Gasteiger partial charge in [0, 0.05) is 15.9 Å². The highest BCUT2D eigenvalue weighted by molar-refractivity contribution is 9.10. The van der Waals surface area contributed by atoms with Crippen LogP contribution in [0.4, 0.5) is 10.1 Å². The summed E-state index contributed by atoms with van der Waals surface area (Å²) in [6.07, 6.45) is 3.30. The van der Waals surface area contributed by atoms with Crippen molar-refractivity contribution in [3.8, 4) is 0 Å². The van der Waals surface area contributed by atoms with Crippen molar-refractivity contribution in [3.63, 3.8) is 0 Å². The van der Waals surface area contributed by atoms with Gasteiger partial charge in [-0.3, -0.25) is 4.79 Å². The average molecular weight is 377 g/mol. The first kappa shape index (κ1) is 15.6. The fraction of sp³-hybridized carbons (Fsp3) is 0.188. The number of pyridine rings is 1. The Kier molecular flexibility index (Phi) is 4.12. The Bertz CT molecular complexity index is 891. The minimum atomic E-state index is -0.405. The van der Waals surface area contributed by atoms with Gasteiger partial charge in [-0.25, -0.2) is 14.1 Å². The number of anilines is 1. The highest BCUT2D eigenvalue weighted by Gasteiger charge is 2.13. The molecule has 1 aromatic carbocycles. The molecule has 0 fully saturated rings. The van der Waals surface area contributed by atoms with Crippen LogP contribution < -0.4 is 5.32 Å². The Labute approximate surface area is 140 Å². The standard InChI is InChI=1S/C16H14BrFN4O/c1-9(2)22-15-10(7-20-22)5-12(8-19-15)21-16(23)13-4-3-11(18)6-14(13)17/h3-9H,1-2H3,(H,21,23). The molecule has 3 rings (SSSR count). The summed E-state index contributed by atoms with van der Waals surface area (Å²) in [5, 5.41) is 7.89. The fourth-order valence-corrected chi connectivity index (χ4v) is 2.79. The number of hydrogen-bond donors (Lipinski definition) is 1. The van der Waals surface area contributed by atoms with Gasteiger partial charge < -0.3 is 5.32 Å². The van der Waals surface area contributed by atoms with Crippen LogP contribution in [0.25, 0.3) is 11.0 Å². The van der Waals surface area contributed by atoms with Gasteiger partial charge in [-0.15, -0.1) is 0 Å². The molecule has 0 aliphatic heterocycles. The average Bonchev–Trinajstić information content (AvgIpc) is 2.90. The zero-order valence-electron chi connectivity index (χ0n) is 12.5. The molecular weight excluding hydrogens is 363 g/mol. The van der Waals surface area contributed by atoms with E-state index in [-0.39, 0.29) is 11.9 Å². The lowest BCUT2D eigenvalue weighted by Gasteiger charge is -2.08. The second kappa shape index (κ2) is 6.08. The highest BCUT2D eigenvalue weighted by atomic mass is 79.9. The first-order valence-corrected chi connectivity index (χ1v) is 7.84. The summed E-state index contributed by atoms with van der Waals surface area (Å²) >= 11 is 3.19. The number of carbonyl (C=O) groups excluding carboxylic acids is 1. The largest absolute Gasteiger partial charge is 0.321 e. The van der Waals surface area contributed by atoms with Gasteiger partial charge in [0.2, 0.25) is 0 Å². The molecule has 0 aliphatic carbocycles. The van der Waals surface area contributed by atoms with Crippen molar-refractivity contribution in [1.29, 1.82) is 0 Å². The van der Waals surface area contributed by atoms with E-state index in [1.54, 1.807) is 12.4 Å². The van der Waals surface area contributed by atoms with E-state index in [1.807, 2.05) is 24.6 Å². The molecule has 2 aromatic heterocycles. The van der Waals surface area contributed by atoms with E-state index in [0.717, 1.165) is 11.0 Å². The van der Waals surface area contributed by atoms with Crippen molar-refractivity contribution in [2.24, 2.45) is 0 Å². The quantitative estimate of drug-likeness (QED) is 0.746. The van der Waals surface area contributed by atoms with Crippen molar-refractivity contribution in [1.82, 2.24) is 14.8 Å². The Morgan fingerprint density at radius 3 is 2.78 bits per heavy atom. The molecule has 0 aliphatic rings. The number of hydrogen-bond acceptors (Lipinski definition) is 3. The molecule has 0 atom stereocenters. The van der Waals surface area contributed by atoms with Crippen LogP contribution in [-0.4, -0.2) is 20.7 Å². The molecule has 5 nitrogen and oxygen atoms in total. The molecular formula is C16H14BrFN4O. The molecule has 0 saturated carbocycles. The van der Waals surface area contributed by atoms with Crippen LogP contribution in [0, 0.1) is 5.82 Å². The lowest BCUT2D eigenvalue weighted by atomic mass is 10.2. The van der Waals surface area contributed by atoms with Crippen molar-refractivity contribution >= 4 is 38.6 Å². The first-order valence-electron chi connectivity index (χ1n) is 7.05. The molecule has 2 heterocycles. The third-order valence-electron chi connectivity index (χ3n) is 3.36. The van der Waals surface area contributed by atoms with Gasteiger partial charge in [0.25, 0.3) is 5.91 Å². The van der Waals surface area contributed by atoms with E-state index in [0.29, 0.717) is 15.7 Å². The number of nitrogens with one attached hydrogen (secondary N) is 1. The maximum absolute atomic E-state index is 13.1. The predicted octanol–water partition coefficient (Wildman–Crippen LogP) is 4.17. The topological polar surface area (TPSA) is 59.8 Å². The van der Waals surface area contributed by atoms with Gasteiger partial charge in [0.15, 0.2) is 5.65 Å². The number of rotatable bonds is 3. The summed E-state index contributed by atoms with van der Waals surface area (Å²) in [6.45, 7) is 4.05. The predicted molar refractivity (Wildman–Crippen MR) is 90.0 cm³/mol. The van der Waals surface area contributed by atoms with Crippen LogP contribution in [0.3, 0.4) is 0 Å². The van der Waals surface area contributed by atoms with E-state index in [2.05, 4.69) is 31.3 Å². The Morgan fingerprint density at radius 2 is 2.09 bits per heavy atom. The fourth-order valence-electron chi connectivity index (χ4n) is 2.26. The number of aromatic nitrogens is 3. The van der Waals surface area contributed by atoms with E-state index >= 15 is 0 Å². The second-order valence-corrected chi connectivity index (χ2v) is 6.25. The van der Waals surface area contributed by atoms with Crippen LogP contribution in [0.1, 0.15) is 30.2 Å². The molecule has 3 aromatic rings. The van der Waals surface area contributed by atoms with E-state index in [9.17, 15) is 9.18 Å². The van der Waals surface area contributed by atoms with Crippen molar-refractivity contribution in [3.05, 3.63) is 52.5 Å². The highest BCUT2D eigenvalue weighted by Crippen LogP contribution is 2.22. The molecule has 0 radical (unpaired) electrons. The number of carbonyl (C=O) groups is 1. The third kappa shape index (κ3) is 3.10. The van der Waals surface area contributed by atoms with E-state index in [4.69, 9.17) is 0 Å². The smallest absolute Gasteiger partial charge is 0.256 e. The summed E-state index contributed by atoms with van der Waals surface area (Å²) in [4.78, 5) is 16.6. The maximum atomic E-state index is 13.1. The lowest BCUT2D eigenvalue weighted by molar-refractivity contribution is 0.102. The van der Waals surface area contributed by atoms with Crippen LogP contribution in [-0.2, 0) is 0 Å². The molecule has 23 heavy (non-hydrogen) atoms. The van der Waals surface area contributed by atoms with Crippen LogP contribution in [0.2, 0.25) is 0 Å². The van der Waals surface area contributed by atoms with E-state index in [1.165, 1.54) is 18.2 Å². The normalized spacial score (nSPS) is 11.2. The van der Waals surface area contributed by atoms with Gasteiger partial charge >= 0.3 is 0 Å². The number of fused-ring (bicyclic) bond motifs is 1. The van der Waals surface area contributed by atoms with Gasteiger partial charge in [-0.1, -0.05) is 0 Å². The number of amides is 1. The van der Waals surface area contributed by atoms with Gasteiger partial charge in [0.05, 0.1) is 23.6 Å². The van der Waals surface area contributed by atoms with Crippen LogP contribution in [0.15, 0.2) is 41.1 Å². The molecule has 0 unspecified atom stereocenters. The number of nitrogens with zero attached hydrogens (tertiary/aromatic N) is 3. The molecule has 0 spiro atoms. The van der Waals surface area contributed by atoms with Gasteiger partial charge in [-0.2, -0.15) is 5.10 Å². The third-order valence-corrected chi connectivity index (χ3v) is 4.01. The molecule has 118 valence electrons. The maximum Gasteiger partial charge on any atom is 0.256 e. The molecule has 7 heteroatoms. The van der Waals surface area contributed by atoms with Crippen LogP contribution in [0.5, 0.6) is 0 Å². The Balaban J connectivity index is 1.88. The Morgan fingerprint density at radius 1 is 1.30 bits per heavy atom. The summed E-state index contributed by atoms with van der Waals surface area (Å²) < 4.78 is 15.3. The van der Waals surface area contributed by atoms with Crippen molar-refractivity contribution < 1.29 is 9.18 Å². The lowest BCUT2D eigenvalue weighted by Crippen LogP contribution is -2.13. The molecule has 1 amide bonds. The SMILES string of the molecule is CC(C)n1ncc2cc(NC(=O)c3ccc(F)cc3Br)cnc21. The number of benzene rings is 1. The van der Waals surface area contributed by atoms with Crippen molar-refractivity contribution in [2.75, 3.05) is 5.32 Å². The number of halogens is 2. The van der Waals surface area contributed by atoms with Crippen LogP contribution >= 0.6 is 15.9 Å². The monoisotopic (exact) mass is 376 g/mol. The summed E-state index contributed by atoms with van der Waals surface area (Å²) in [7, 11) is 0. The second-order valence-electron chi connectivity index (χ2n) is 5.40. The van der Waals surface area contributed by atoms with Gasteiger partial charge in [-0.05, 0) is 54.0 Å². The van der Waals surface area contributed by atoms with Gasteiger partial charge in [0.1, 0.15) is 5.82 Å². The molecule has 0 saturated heterocycles. The summed E-state index contributed by atoms with van der Waals surface area (Å²) in [6, 6.07) is 5.94. The zero-order chi connectivity index (χ0) is 16.6. The first-order chi connectivity index (χ1) is 11.0. The minimum Gasteiger partial charge on any atom is -0.321 e. The molecule has 1 N–H and O–H groups in total. The molecule has 0 bridgehead atoms. The summed E-state index contributed by atoms with van der Waals surface area (Å²) in [5.74, 6) is -0.744. The Hall–Kier alpha value is -2.28.